The Morgan fingerprint density at radius 1 is 1.00 bits per heavy atom. The lowest BCUT2D eigenvalue weighted by Crippen LogP contribution is -2.20. The number of rotatable bonds is 9. The van der Waals surface area contributed by atoms with Crippen molar-refractivity contribution in [1.29, 1.82) is 0 Å². The predicted molar refractivity (Wildman–Crippen MR) is 124 cm³/mol. The van der Waals surface area contributed by atoms with Crippen LogP contribution in [-0.2, 0) is 6.54 Å². The molecule has 0 fully saturated rings. The molecule has 0 bridgehead atoms. The molecular formula is C24H25N3O3S. The predicted octanol–water partition coefficient (Wildman–Crippen LogP) is 4.66. The van der Waals surface area contributed by atoms with Crippen molar-refractivity contribution >= 4 is 22.5 Å². The minimum atomic E-state index is -0.631. The van der Waals surface area contributed by atoms with Crippen LogP contribution in [-0.4, -0.2) is 45.4 Å². The molecule has 3 aromatic carbocycles. The van der Waals surface area contributed by atoms with Gasteiger partial charge in [0.15, 0.2) is 11.0 Å². The molecule has 1 heterocycles. The summed E-state index contributed by atoms with van der Waals surface area (Å²) in [7, 11) is 1.65. The van der Waals surface area contributed by atoms with Crippen molar-refractivity contribution in [2.45, 2.75) is 24.7 Å². The average Bonchev–Trinajstić information content (AvgIpc) is 3.23. The molecule has 0 amide bonds. The molecule has 0 saturated carbocycles. The fourth-order valence-corrected chi connectivity index (χ4v) is 4.29. The number of hydrogen-bond acceptors (Lipinski definition) is 6. The second-order valence-corrected chi connectivity index (χ2v) is 8.02. The summed E-state index contributed by atoms with van der Waals surface area (Å²) in [6.07, 6.45) is -0.631. The number of methoxy groups -OCH3 is 1. The lowest BCUT2D eigenvalue weighted by Gasteiger charge is -2.13. The first-order valence-corrected chi connectivity index (χ1v) is 11.2. The highest BCUT2D eigenvalue weighted by molar-refractivity contribution is 7.99. The molecule has 7 heteroatoms. The molecule has 0 aliphatic heterocycles. The zero-order valence-electron chi connectivity index (χ0n) is 17.6. The van der Waals surface area contributed by atoms with Crippen LogP contribution < -0.4 is 9.47 Å². The number of thioether (sulfide) groups is 1. The quantitative estimate of drug-likeness (QED) is 0.386. The third-order valence-corrected chi connectivity index (χ3v) is 6.06. The van der Waals surface area contributed by atoms with E-state index in [0.29, 0.717) is 12.3 Å². The van der Waals surface area contributed by atoms with Crippen LogP contribution >= 0.6 is 11.8 Å². The average molecular weight is 436 g/mol. The van der Waals surface area contributed by atoms with Crippen LogP contribution in [0, 0.1) is 0 Å². The SMILES string of the molecule is CCn1c(SCC(O)COc2ccc3ccccc3c2)nnc1-c1ccccc1OC. The number of hydrogen-bond donors (Lipinski definition) is 1. The summed E-state index contributed by atoms with van der Waals surface area (Å²) in [5.74, 6) is 2.71. The number of para-hydroxylation sites is 1. The monoisotopic (exact) mass is 435 g/mol. The van der Waals surface area contributed by atoms with E-state index in [1.165, 1.54) is 11.8 Å². The van der Waals surface area contributed by atoms with Gasteiger partial charge in [0, 0.05) is 12.3 Å². The normalized spacial score (nSPS) is 12.1. The van der Waals surface area contributed by atoms with Crippen molar-refractivity contribution in [3.05, 3.63) is 66.7 Å². The maximum absolute atomic E-state index is 10.4. The molecule has 6 nitrogen and oxygen atoms in total. The highest BCUT2D eigenvalue weighted by atomic mass is 32.2. The Morgan fingerprint density at radius 2 is 1.77 bits per heavy atom. The molecule has 1 atom stereocenters. The molecule has 0 spiro atoms. The van der Waals surface area contributed by atoms with Crippen LogP contribution in [0.4, 0.5) is 0 Å². The zero-order chi connectivity index (χ0) is 21.6. The van der Waals surface area contributed by atoms with Crippen molar-refractivity contribution in [2.75, 3.05) is 19.5 Å². The van der Waals surface area contributed by atoms with Gasteiger partial charge in [0.1, 0.15) is 18.1 Å². The van der Waals surface area contributed by atoms with E-state index < -0.39 is 6.10 Å². The van der Waals surface area contributed by atoms with Crippen LogP contribution in [0.15, 0.2) is 71.9 Å². The molecule has 0 aliphatic rings. The number of nitrogens with zero attached hydrogens (tertiary/aromatic N) is 3. The maximum atomic E-state index is 10.4. The highest BCUT2D eigenvalue weighted by Gasteiger charge is 2.17. The van der Waals surface area contributed by atoms with E-state index in [9.17, 15) is 5.11 Å². The van der Waals surface area contributed by atoms with E-state index in [0.717, 1.165) is 38.8 Å². The molecule has 0 radical (unpaired) electrons. The lowest BCUT2D eigenvalue weighted by atomic mass is 10.1. The van der Waals surface area contributed by atoms with Crippen LogP contribution in [0.25, 0.3) is 22.2 Å². The second kappa shape index (κ2) is 9.85. The van der Waals surface area contributed by atoms with Gasteiger partial charge in [0.2, 0.25) is 0 Å². The summed E-state index contributed by atoms with van der Waals surface area (Å²) in [5.41, 5.74) is 0.895. The molecule has 1 aromatic heterocycles. The van der Waals surface area contributed by atoms with E-state index in [1.807, 2.05) is 72.2 Å². The van der Waals surface area contributed by atoms with Crippen LogP contribution in [0.1, 0.15) is 6.92 Å². The number of fused-ring (bicyclic) bond motifs is 1. The van der Waals surface area contributed by atoms with Gasteiger partial charge in [-0.1, -0.05) is 54.2 Å². The number of aliphatic hydroxyl groups excluding tert-OH is 1. The molecule has 160 valence electrons. The molecule has 0 aliphatic carbocycles. The fraction of sp³-hybridized carbons (Fsp3) is 0.250. The Labute approximate surface area is 185 Å². The largest absolute Gasteiger partial charge is 0.496 e. The van der Waals surface area contributed by atoms with Gasteiger partial charge in [-0.3, -0.25) is 0 Å². The van der Waals surface area contributed by atoms with Gasteiger partial charge >= 0.3 is 0 Å². The summed E-state index contributed by atoms with van der Waals surface area (Å²) in [5, 5.41) is 22.2. The molecule has 4 rings (SSSR count). The molecular weight excluding hydrogens is 410 g/mol. The van der Waals surface area contributed by atoms with Gasteiger partial charge in [-0.2, -0.15) is 0 Å². The van der Waals surface area contributed by atoms with Gasteiger partial charge in [-0.05, 0) is 42.0 Å². The Kier molecular flexibility index (Phi) is 6.74. The van der Waals surface area contributed by atoms with Gasteiger partial charge in [0.05, 0.1) is 18.8 Å². The van der Waals surface area contributed by atoms with Crippen molar-refractivity contribution < 1.29 is 14.6 Å². The van der Waals surface area contributed by atoms with E-state index in [-0.39, 0.29) is 6.61 Å². The van der Waals surface area contributed by atoms with Gasteiger partial charge in [-0.25, -0.2) is 0 Å². The van der Waals surface area contributed by atoms with Gasteiger partial charge < -0.3 is 19.1 Å². The summed E-state index contributed by atoms with van der Waals surface area (Å²) >= 11 is 1.46. The fourth-order valence-electron chi connectivity index (χ4n) is 3.38. The van der Waals surface area contributed by atoms with E-state index >= 15 is 0 Å². The first-order valence-electron chi connectivity index (χ1n) is 10.2. The summed E-state index contributed by atoms with van der Waals surface area (Å²) in [4.78, 5) is 0. The van der Waals surface area contributed by atoms with Crippen molar-refractivity contribution in [1.82, 2.24) is 14.8 Å². The zero-order valence-corrected chi connectivity index (χ0v) is 18.4. The first-order chi connectivity index (χ1) is 15.2. The Balaban J connectivity index is 1.39. The number of aromatic nitrogens is 3. The minimum Gasteiger partial charge on any atom is -0.496 e. The molecule has 1 unspecified atom stereocenters. The van der Waals surface area contributed by atoms with Gasteiger partial charge in [0.25, 0.3) is 0 Å². The molecule has 0 saturated heterocycles. The molecule has 4 aromatic rings. The van der Waals surface area contributed by atoms with Crippen molar-refractivity contribution in [3.8, 4) is 22.9 Å². The third-order valence-electron chi connectivity index (χ3n) is 4.95. The summed E-state index contributed by atoms with van der Waals surface area (Å²) < 4.78 is 13.3. The standard InChI is InChI=1S/C24H25N3O3S/c1-3-27-23(21-10-6-7-11-22(21)29-2)25-26-24(27)31-16-19(28)15-30-20-13-12-17-8-4-5-9-18(17)14-20/h4-14,19,28H,3,15-16H2,1-2H3. The number of benzene rings is 3. The summed E-state index contributed by atoms with van der Waals surface area (Å²) in [6.45, 7) is 2.98. The van der Waals surface area contributed by atoms with E-state index in [4.69, 9.17) is 9.47 Å². The third kappa shape index (κ3) is 4.84. The van der Waals surface area contributed by atoms with E-state index in [2.05, 4.69) is 16.3 Å². The van der Waals surface area contributed by atoms with Crippen LogP contribution in [0.5, 0.6) is 11.5 Å². The molecule has 31 heavy (non-hydrogen) atoms. The first kappa shape index (κ1) is 21.2. The Bertz CT molecular complexity index is 1160. The van der Waals surface area contributed by atoms with Crippen LogP contribution in [0.2, 0.25) is 0 Å². The minimum absolute atomic E-state index is 0.213. The Hall–Kier alpha value is -3.03. The van der Waals surface area contributed by atoms with Crippen molar-refractivity contribution in [3.63, 3.8) is 0 Å². The number of ether oxygens (including phenoxy) is 2. The summed E-state index contributed by atoms with van der Waals surface area (Å²) in [6, 6.07) is 21.8. The maximum Gasteiger partial charge on any atom is 0.191 e. The van der Waals surface area contributed by atoms with Crippen molar-refractivity contribution in [2.24, 2.45) is 0 Å². The number of aliphatic hydroxyl groups is 1. The highest BCUT2D eigenvalue weighted by Crippen LogP contribution is 2.31. The van der Waals surface area contributed by atoms with Crippen LogP contribution in [0.3, 0.4) is 0 Å². The molecule has 1 N–H and O–H groups in total. The van der Waals surface area contributed by atoms with E-state index in [1.54, 1.807) is 7.11 Å². The topological polar surface area (TPSA) is 69.4 Å². The smallest absolute Gasteiger partial charge is 0.191 e. The van der Waals surface area contributed by atoms with Gasteiger partial charge in [-0.15, -0.1) is 10.2 Å². The second-order valence-electron chi connectivity index (χ2n) is 7.04. The lowest BCUT2D eigenvalue weighted by molar-refractivity contribution is 0.126. The Morgan fingerprint density at radius 3 is 2.58 bits per heavy atom.